The second-order valence-electron chi connectivity index (χ2n) is 7.87. The van der Waals surface area contributed by atoms with Gasteiger partial charge in [0.25, 0.3) is 5.91 Å². The van der Waals surface area contributed by atoms with E-state index in [2.05, 4.69) is 9.97 Å². The number of amides is 1. The van der Waals surface area contributed by atoms with Gasteiger partial charge in [0.15, 0.2) is 26.3 Å². The van der Waals surface area contributed by atoms with Crippen LogP contribution in [-0.4, -0.2) is 48.0 Å². The first-order valence-electron chi connectivity index (χ1n) is 10.3. The quantitative estimate of drug-likeness (QED) is 0.556. The highest BCUT2D eigenvalue weighted by Crippen LogP contribution is 2.36. The van der Waals surface area contributed by atoms with E-state index in [1.807, 2.05) is 6.07 Å². The summed E-state index contributed by atoms with van der Waals surface area (Å²) in [5, 5.41) is 0.566. The molecule has 1 aliphatic rings. The van der Waals surface area contributed by atoms with Crippen LogP contribution in [0.5, 0.6) is 0 Å². The van der Waals surface area contributed by atoms with Crippen LogP contribution in [0.15, 0.2) is 46.0 Å². The van der Waals surface area contributed by atoms with Crippen molar-refractivity contribution in [2.45, 2.75) is 49.6 Å². The SMILES string of the molecule is CCS(=O)(=O)c1cc(C(=O)N(C)C2CCC(c3nc4cc(Cl)ccc4o3)CC2)ccn1. The molecule has 0 atom stereocenters. The largest absolute Gasteiger partial charge is 0.440 e. The minimum atomic E-state index is -3.46. The number of sulfone groups is 1. The van der Waals surface area contributed by atoms with Crippen LogP contribution in [0.25, 0.3) is 11.1 Å². The summed E-state index contributed by atoms with van der Waals surface area (Å²) >= 11 is 6.03. The molecule has 4 rings (SSSR count). The summed E-state index contributed by atoms with van der Waals surface area (Å²) in [5.41, 5.74) is 1.82. The summed E-state index contributed by atoms with van der Waals surface area (Å²) in [7, 11) is -1.70. The molecular formula is C22H24ClN3O4S. The Labute approximate surface area is 186 Å². The monoisotopic (exact) mass is 461 g/mol. The number of benzene rings is 1. The van der Waals surface area contributed by atoms with Crippen molar-refractivity contribution in [3.8, 4) is 0 Å². The number of carbonyl (C=O) groups is 1. The molecule has 1 fully saturated rings. The van der Waals surface area contributed by atoms with Crippen LogP contribution in [0.2, 0.25) is 5.02 Å². The molecule has 0 aliphatic heterocycles. The molecule has 164 valence electrons. The highest BCUT2D eigenvalue weighted by molar-refractivity contribution is 7.91. The lowest BCUT2D eigenvalue weighted by atomic mass is 9.85. The van der Waals surface area contributed by atoms with Crippen LogP contribution >= 0.6 is 11.6 Å². The van der Waals surface area contributed by atoms with E-state index >= 15 is 0 Å². The normalized spacial score (nSPS) is 19.5. The maximum absolute atomic E-state index is 13.0. The fourth-order valence-electron chi connectivity index (χ4n) is 4.03. The van der Waals surface area contributed by atoms with Gasteiger partial charge in [0, 0.05) is 35.8 Å². The molecule has 1 saturated carbocycles. The van der Waals surface area contributed by atoms with E-state index in [1.165, 1.54) is 12.3 Å². The van der Waals surface area contributed by atoms with Gasteiger partial charge in [0.2, 0.25) is 0 Å². The number of hydrogen-bond acceptors (Lipinski definition) is 6. The minimum Gasteiger partial charge on any atom is -0.440 e. The number of rotatable bonds is 5. The molecule has 0 saturated heterocycles. The van der Waals surface area contributed by atoms with Gasteiger partial charge in [-0.2, -0.15) is 0 Å². The summed E-state index contributed by atoms with van der Waals surface area (Å²) in [6, 6.07) is 8.40. The van der Waals surface area contributed by atoms with Crippen LogP contribution in [0.1, 0.15) is 54.8 Å². The smallest absolute Gasteiger partial charge is 0.253 e. The van der Waals surface area contributed by atoms with E-state index in [4.69, 9.17) is 16.0 Å². The van der Waals surface area contributed by atoms with Crippen molar-refractivity contribution in [1.29, 1.82) is 0 Å². The first-order chi connectivity index (χ1) is 14.8. The van der Waals surface area contributed by atoms with E-state index in [1.54, 1.807) is 37.1 Å². The van der Waals surface area contributed by atoms with Gasteiger partial charge in [-0.1, -0.05) is 18.5 Å². The molecule has 0 radical (unpaired) electrons. The zero-order chi connectivity index (χ0) is 22.2. The number of halogens is 1. The molecule has 1 amide bonds. The molecule has 0 spiro atoms. The molecule has 3 aromatic rings. The first kappa shape index (κ1) is 21.8. The van der Waals surface area contributed by atoms with Gasteiger partial charge in [-0.15, -0.1) is 0 Å². The highest BCUT2D eigenvalue weighted by atomic mass is 35.5. The average molecular weight is 462 g/mol. The van der Waals surface area contributed by atoms with Crippen molar-refractivity contribution in [1.82, 2.24) is 14.9 Å². The van der Waals surface area contributed by atoms with Crippen molar-refractivity contribution in [3.05, 3.63) is 53.0 Å². The summed E-state index contributed by atoms with van der Waals surface area (Å²) in [6.07, 6.45) is 4.72. The Balaban J connectivity index is 1.43. The molecular weight excluding hydrogens is 438 g/mol. The number of carbonyl (C=O) groups excluding carboxylic acids is 1. The number of fused-ring (bicyclic) bond motifs is 1. The maximum Gasteiger partial charge on any atom is 0.253 e. The predicted octanol–water partition coefficient (Wildman–Crippen LogP) is 4.47. The molecule has 9 heteroatoms. The third-order valence-corrected chi connectivity index (χ3v) is 7.82. The summed E-state index contributed by atoms with van der Waals surface area (Å²) < 4.78 is 30.1. The molecule has 2 aromatic heterocycles. The molecule has 31 heavy (non-hydrogen) atoms. The number of aromatic nitrogens is 2. The Morgan fingerprint density at radius 2 is 1.94 bits per heavy atom. The lowest BCUT2D eigenvalue weighted by Crippen LogP contribution is -2.39. The average Bonchev–Trinajstić information content (AvgIpc) is 3.21. The summed E-state index contributed by atoms with van der Waals surface area (Å²) in [4.78, 5) is 23.2. The van der Waals surface area contributed by atoms with Crippen molar-refractivity contribution in [2.75, 3.05) is 12.8 Å². The van der Waals surface area contributed by atoms with Gasteiger partial charge in [-0.05, 0) is 56.0 Å². The van der Waals surface area contributed by atoms with Crippen molar-refractivity contribution < 1.29 is 17.6 Å². The third kappa shape index (κ3) is 4.45. The summed E-state index contributed by atoms with van der Waals surface area (Å²) in [5.74, 6) is 0.663. The van der Waals surface area contributed by atoms with Gasteiger partial charge in [0.1, 0.15) is 5.52 Å². The highest BCUT2D eigenvalue weighted by Gasteiger charge is 2.30. The Morgan fingerprint density at radius 3 is 2.65 bits per heavy atom. The number of oxazole rings is 1. The fraction of sp³-hybridized carbons (Fsp3) is 0.409. The van der Waals surface area contributed by atoms with Gasteiger partial charge >= 0.3 is 0 Å². The molecule has 0 bridgehead atoms. The molecule has 1 aromatic carbocycles. The van der Waals surface area contributed by atoms with Crippen LogP contribution < -0.4 is 0 Å². The Kier molecular flexibility index (Phi) is 6.03. The topological polar surface area (TPSA) is 93.4 Å². The van der Waals surface area contributed by atoms with Gasteiger partial charge in [0.05, 0.1) is 5.75 Å². The van der Waals surface area contributed by atoms with E-state index in [-0.39, 0.29) is 28.6 Å². The number of nitrogens with zero attached hydrogens (tertiary/aromatic N) is 3. The molecule has 1 aliphatic carbocycles. The van der Waals surface area contributed by atoms with E-state index in [0.717, 1.165) is 36.8 Å². The molecule has 0 N–H and O–H groups in total. The van der Waals surface area contributed by atoms with E-state index < -0.39 is 9.84 Å². The van der Waals surface area contributed by atoms with Crippen LogP contribution in [0, 0.1) is 0 Å². The fourth-order valence-corrected chi connectivity index (χ4v) is 5.02. The predicted molar refractivity (Wildman–Crippen MR) is 118 cm³/mol. The lowest BCUT2D eigenvalue weighted by Gasteiger charge is -2.33. The van der Waals surface area contributed by atoms with E-state index in [9.17, 15) is 13.2 Å². The Hall–Kier alpha value is -2.45. The Morgan fingerprint density at radius 1 is 1.19 bits per heavy atom. The lowest BCUT2D eigenvalue weighted by molar-refractivity contribution is 0.0685. The van der Waals surface area contributed by atoms with Gasteiger partial charge in [-0.25, -0.2) is 18.4 Å². The van der Waals surface area contributed by atoms with Gasteiger partial charge in [-0.3, -0.25) is 4.79 Å². The molecule has 2 heterocycles. The second kappa shape index (κ2) is 8.59. The maximum atomic E-state index is 13.0. The van der Waals surface area contributed by atoms with Crippen molar-refractivity contribution >= 4 is 38.4 Å². The summed E-state index contributed by atoms with van der Waals surface area (Å²) in [6.45, 7) is 1.56. The van der Waals surface area contributed by atoms with Crippen LogP contribution in [0.4, 0.5) is 0 Å². The number of hydrogen-bond donors (Lipinski definition) is 0. The second-order valence-corrected chi connectivity index (χ2v) is 10.5. The zero-order valence-corrected chi connectivity index (χ0v) is 19.0. The standard InChI is InChI=1S/C22H24ClN3O4S/c1-3-31(28,29)20-12-15(10-11-24-20)22(27)26(2)17-7-4-14(5-8-17)21-25-18-13-16(23)6-9-19(18)30-21/h6,9-14,17H,3-5,7-8H2,1-2H3. The van der Waals surface area contributed by atoms with Gasteiger partial charge < -0.3 is 9.32 Å². The van der Waals surface area contributed by atoms with E-state index in [0.29, 0.717) is 16.5 Å². The van der Waals surface area contributed by atoms with Crippen molar-refractivity contribution in [3.63, 3.8) is 0 Å². The Bertz CT molecular complexity index is 1220. The molecule has 7 nitrogen and oxygen atoms in total. The van der Waals surface area contributed by atoms with Crippen molar-refractivity contribution in [2.24, 2.45) is 0 Å². The first-order valence-corrected chi connectivity index (χ1v) is 12.3. The van der Waals surface area contributed by atoms with Crippen LogP contribution in [-0.2, 0) is 9.84 Å². The number of pyridine rings is 1. The third-order valence-electron chi connectivity index (χ3n) is 5.96. The zero-order valence-electron chi connectivity index (χ0n) is 17.4. The minimum absolute atomic E-state index is 0.0560. The molecule has 0 unspecified atom stereocenters. The van der Waals surface area contributed by atoms with Crippen LogP contribution in [0.3, 0.4) is 0 Å².